The summed E-state index contributed by atoms with van der Waals surface area (Å²) in [4.78, 5) is 0. The third-order valence-electron chi connectivity index (χ3n) is 1.94. The summed E-state index contributed by atoms with van der Waals surface area (Å²) in [6.45, 7) is 3.04. The molecule has 1 unspecified atom stereocenters. The predicted octanol–water partition coefficient (Wildman–Crippen LogP) is 1.25. The summed E-state index contributed by atoms with van der Waals surface area (Å²) in [5, 5.41) is 0. The molecule has 0 aliphatic carbocycles. The van der Waals surface area contributed by atoms with Gasteiger partial charge in [0, 0.05) is 17.5 Å². The average molecular weight is 175 g/mol. The molecule has 66 valence electrons. The Morgan fingerprint density at radius 2 is 2.55 bits per heavy atom. The fourth-order valence-electron chi connectivity index (χ4n) is 1.27. The van der Waals surface area contributed by atoms with Crippen molar-refractivity contribution in [3.63, 3.8) is 0 Å². The van der Waals surface area contributed by atoms with Gasteiger partial charge in [0.25, 0.3) is 0 Å². The van der Waals surface area contributed by atoms with Gasteiger partial charge in [-0.2, -0.15) is 11.8 Å². The lowest BCUT2D eigenvalue weighted by molar-refractivity contribution is 0.0549. The van der Waals surface area contributed by atoms with Crippen LogP contribution in [0.3, 0.4) is 0 Å². The van der Waals surface area contributed by atoms with Gasteiger partial charge < -0.3 is 10.5 Å². The van der Waals surface area contributed by atoms with Crippen molar-refractivity contribution >= 4 is 11.8 Å². The standard InChI is InChI=1S/C8H17NOS/c1-2-3-7(9)8-6-11-5-4-10-8/h7-8H,2-6,9H2,1H3/t7-,8?/m1/s1. The van der Waals surface area contributed by atoms with Gasteiger partial charge in [0.05, 0.1) is 12.7 Å². The Labute approximate surface area is 72.9 Å². The van der Waals surface area contributed by atoms with Gasteiger partial charge in [-0.25, -0.2) is 0 Å². The molecule has 1 aliphatic heterocycles. The molecule has 1 saturated heterocycles. The highest BCUT2D eigenvalue weighted by molar-refractivity contribution is 7.99. The highest BCUT2D eigenvalue weighted by Gasteiger charge is 2.20. The fraction of sp³-hybridized carbons (Fsp3) is 1.00. The lowest BCUT2D eigenvalue weighted by atomic mass is 10.1. The maximum absolute atomic E-state index is 5.92. The minimum Gasteiger partial charge on any atom is -0.375 e. The first-order chi connectivity index (χ1) is 5.34. The summed E-state index contributed by atoms with van der Waals surface area (Å²) in [5.41, 5.74) is 5.92. The summed E-state index contributed by atoms with van der Waals surface area (Å²) >= 11 is 1.95. The van der Waals surface area contributed by atoms with Crippen LogP contribution in [0.2, 0.25) is 0 Å². The zero-order valence-electron chi connectivity index (χ0n) is 7.08. The van der Waals surface area contributed by atoms with Gasteiger partial charge in [-0.05, 0) is 6.42 Å². The van der Waals surface area contributed by atoms with Crippen molar-refractivity contribution < 1.29 is 4.74 Å². The molecule has 0 aromatic rings. The summed E-state index contributed by atoms with van der Waals surface area (Å²) in [6, 6.07) is 0.257. The Balaban J connectivity index is 2.21. The first-order valence-corrected chi connectivity index (χ1v) is 5.45. The van der Waals surface area contributed by atoms with Crippen molar-refractivity contribution in [1.29, 1.82) is 0 Å². The van der Waals surface area contributed by atoms with E-state index < -0.39 is 0 Å². The number of hydrogen-bond acceptors (Lipinski definition) is 3. The van der Waals surface area contributed by atoms with E-state index in [1.54, 1.807) is 0 Å². The van der Waals surface area contributed by atoms with Crippen molar-refractivity contribution in [3.05, 3.63) is 0 Å². The summed E-state index contributed by atoms with van der Waals surface area (Å²) in [7, 11) is 0. The average Bonchev–Trinajstić information content (AvgIpc) is 2.07. The van der Waals surface area contributed by atoms with Crippen LogP contribution in [0.15, 0.2) is 0 Å². The van der Waals surface area contributed by atoms with Crippen LogP contribution >= 0.6 is 11.8 Å². The Kier molecular flexibility index (Phi) is 4.26. The molecule has 0 amide bonds. The number of nitrogens with two attached hydrogens (primary N) is 1. The Morgan fingerprint density at radius 1 is 1.73 bits per heavy atom. The van der Waals surface area contributed by atoms with Crippen molar-refractivity contribution in [1.82, 2.24) is 0 Å². The largest absolute Gasteiger partial charge is 0.375 e. The van der Waals surface area contributed by atoms with Crippen molar-refractivity contribution in [2.75, 3.05) is 18.1 Å². The van der Waals surface area contributed by atoms with Crippen LogP contribution in [0.4, 0.5) is 0 Å². The van der Waals surface area contributed by atoms with E-state index in [1.165, 1.54) is 0 Å². The third-order valence-corrected chi connectivity index (χ3v) is 2.96. The lowest BCUT2D eigenvalue weighted by Crippen LogP contribution is -2.40. The molecule has 3 heteroatoms. The molecule has 2 N–H and O–H groups in total. The summed E-state index contributed by atoms with van der Waals surface area (Å²) in [6.07, 6.45) is 2.56. The number of hydrogen-bond donors (Lipinski definition) is 1. The first-order valence-electron chi connectivity index (χ1n) is 4.29. The van der Waals surface area contributed by atoms with Gasteiger partial charge in [-0.15, -0.1) is 0 Å². The smallest absolute Gasteiger partial charge is 0.0816 e. The molecule has 0 radical (unpaired) electrons. The first kappa shape index (κ1) is 9.36. The van der Waals surface area contributed by atoms with Crippen LogP contribution in [-0.4, -0.2) is 30.3 Å². The zero-order valence-corrected chi connectivity index (χ0v) is 7.90. The van der Waals surface area contributed by atoms with Gasteiger partial charge in [0.2, 0.25) is 0 Å². The van der Waals surface area contributed by atoms with E-state index in [4.69, 9.17) is 10.5 Å². The van der Waals surface area contributed by atoms with E-state index in [2.05, 4.69) is 6.92 Å². The van der Waals surface area contributed by atoms with Crippen LogP contribution in [0.25, 0.3) is 0 Å². The number of rotatable bonds is 3. The summed E-state index contributed by atoms with van der Waals surface area (Å²) in [5.74, 6) is 2.22. The van der Waals surface area contributed by atoms with Gasteiger partial charge >= 0.3 is 0 Å². The molecule has 1 aliphatic rings. The molecule has 1 heterocycles. The third kappa shape index (κ3) is 3.01. The van der Waals surface area contributed by atoms with Gasteiger partial charge in [-0.1, -0.05) is 13.3 Å². The van der Waals surface area contributed by atoms with Crippen LogP contribution in [-0.2, 0) is 4.74 Å². The Morgan fingerprint density at radius 3 is 3.09 bits per heavy atom. The van der Waals surface area contributed by atoms with Gasteiger partial charge in [0.1, 0.15) is 0 Å². The molecule has 0 spiro atoms. The molecular weight excluding hydrogens is 158 g/mol. The van der Waals surface area contributed by atoms with E-state index in [1.807, 2.05) is 11.8 Å². The van der Waals surface area contributed by atoms with Crippen LogP contribution in [0.5, 0.6) is 0 Å². The van der Waals surface area contributed by atoms with Gasteiger partial charge in [0.15, 0.2) is 0 Å². The maximum Gasteiger partial charge on any atom is 0.0816 e. The summed E-state index contributed by atoms with van der Waals surface area (Å²) < 4.78 is 5.55. The fourth-order valence-corrected chi connectivity index (χ4v) is 2.23. The topological polar surface area (TPSA) is 35.2 Å². The highest BCUT2D eigenvalue weighted by atomic mass is 32.2. The van der Waals surface area contributed by atoms with E-state index in [-0.39, 0.29) is 6.04 Å². The molecule has 1 rings (SSSR count). The van der Waals surface area contributed by atoms with Crippen LogP contribution < -0.4 is 5.73 Å². The van der Waals surface area contributed by atoms with Crippen molar-refractivity contribution in [2.24, 2.45) is 5.73 Å². The minimum atomic E-state index is 0.257. The molecule has 0 aromatic carbocycles. The molecule has 0 aromatic heterocycles. The zero-order chi connectivity index (χ0) is 8.10. The quantitative estimate of drug-likeness (QED) is 0.701. The number of ether oxygens (including phenoxy) is 1. The molecular formula is C8H17NOS. The lowest BCUT2D eigenvalue weighted by Gasteiger charge is -2.27. The molecule has 0 saturated carbocycles. The Hall–Kier alpha value is 0.270. The normalized spacial score (nSPS) is 28.4. The van der Waals surface area contributed by atoms with Crippen LogP contribution in [0, 0.1) is 0 Å². The van der Waals surface area contributed by atoms with E-state index in [9.17, 15) is 0 Å². The SMILES string of the molecule is CCC[C@@H](N)C1CSCCO1. The number of thioether (sulfide) groups is 1. The van der Waals surface area contributed by atoms with E-state index >= 15 is 0 Å². The predicted molar refractivity (Wildman–Crippen MR) is 49.9 cm³/mol. The second-order valence-corrected chi connectivity index (χ2v) is 4.09. The maximum atomic E-state index is 5.92. The van der Waals surface area contributed by atoms with Crippen LogP contribution in [0.1, 0.15) is 19.8 Å². The molecule has 1 fully saturated rings. The van der Waals surface area contributed by atoms with Gasteiger partial charge in [-0.3, -0.25) is 0 Å². The monoisotopic (exact) mass is 175 g/mol. The molecule has 0 bridgehead atoms. The Bertz CT molecular complexity index is 104. The minimum absolute atomic E-state index is 0.257. The van der Waals surface area contributed by atoms with E-state index in [0.717, 1.165) is 31.0 Å². The van der Waals surface area contributed by atoms with Crippen molar-refractivity contribution in [3.8, 4) is 0 Å². The van der Waals surface area contributed by atoms with E-state index in [0.29, 0.717) is 6.10 Å². The molecule has 11 heavy (non-hydrogen) atoms. The molecule has 2 atom stereocenters. The van der Waals surface area contributed by atoms with Crippen molar-refractivity contribution in [2.45, 2.75) is 31.9 Å². The molecule has 2 nitrogen and oxygen atoms in total. The second-order valence-electron chi connectivity index (χ2n) is 2.94. The second kappa shape index (κ2) is 5.01. The highest BCUT2D eigenvalue weighted by Crippen LogP contribution is 2.16.